The fourth-order valence-electron chi connectivity index (χ4n) is 1.93. The van der Waals surface area contributed by atoms with E-state index in [0.29, 0.717) is 17.6 Å². The predicted octanol–water partition coefficient (Wildman–Crippen LogP) is -1.66. The van der Waals surface area contributed by atoms with Crippen molar-refractivity contribution < 1.29 is 34.8 Å². The summed E-state index contributed by atoms with van der Waals surface area (Å²) in [6.45, 7) is 0.583. The van der Waals surface area contributed by atoms with E-state index >= 15 is 0 Å². The van der Waals surface area contributed by atoms with Gasteiger partial charge >= 0.3 is 5.97 Å². The quantitative estimate of drug-likeness (QED) is 0.207. The molecule has 128 valence electrons. The summed E-state index contributed by atoms with van der Waals surface area (Å²) in [6, 6.07) is 5.44. The second kappa shape index (κ2) is 9.33. The van der Waals surface area contributed by atoms with Crippen molar-refractivity contribution in [2.24, 2.45) is 0 Å². The lowest BCUT2D eigenvalue weighted by molar-refractivity contribution is -0.132. The Morgan fingerprint density at radius 1 is 1.26 bits per heavy atom. The molecule has 8 heteroatoms. The van der Waals surface area contributed by atoms with Crippen LogP contribution in [-0.4, -0.2) is 63.6 Å². The van der Waals surface area contributed by atoms with E-state index in [1.54, 1.807) is 24.3 Å². The molecule has 23 heavy (non-hydrogen) atoms. The topological polar surface area (TPSA) is 136 Å². The maximum atomic E-state index is 11.1. The van der Waals surface area contributed by atoms with Crippen LogP contribution in [0.5, 0.6) is 5.75 Å². The predicted molar refractivity (Wildman–Crippen MR) is 79.5 cm³/mol. The molecular formula is C15H21NO7. The number of esters is 1. The molecular weight excluding hydrogens is 306 g/mol. The average molecular weight is 327 g/mol. The van der Waals surface area contributed by atoms with E-state index in [9.17, 15) is 24.9 Å². The third-order valence-electron chi connectivity index (χ3n) is 3.20. The van der Waals surface area contributed by atoms with Gasteiger partial charge < -0.3 is 35.3 Å². The zero-order valence-electron chi connectivity index (χ0n) is 12.6. The van der Waals surface area contributed by atoms with Crippen molar-refractivity contribution in [1.82, 2.24) is 5.32 Å². The number of aliphatic hydroxyl groups is 4. The van der Waals surface area contributed by atoms with Gasteiger partial charge in [0.1, 0.15) is 30.3 Å². The highest BCUT2D eigenvalue weighted by atomic mass is 16.5. The van der Waals surface area contributed by atoms with Crippen LogP contribution in [0.1, 0.15) is 12.5 Å². The molecule has 4 atom stereocenters. The van der Waals surface area contributed by atoms with Crippen molar-refractivity contribution in [3.8, 4) is 5.75 Å². The van der Waals surface area contributed by atoms with Gasteiger partial charge in [-0.2, -0.15) is 0 Å². The molecule has 0 fully saturated rings. The van der Waals surface area contributed by atoms with Gasteiger partial charge in [-0.3, -0.25) is 4.79 Å². The van der Waals surface area contributed by atoms with Crippen LogP contribution in [0.4, 0.5) is 0 Å². The lowest BCUT2D eigenvalue weighted by Crippen LogP contribution is -2.51. The second-order valence-corrected chi connectivity index (χ2v) is 4.98. The van der Waals surface area contributed by atoms with E-state index < -0.39 is 36.9 Å². The summed E-state index contributed by atoms with van der Waals surface area (Å²) in [5.41, 5.74) is 0.568. The molecule has 0 amide bonds. The number of para-hydroxylation sites is 1. The number of hydrogen-bond donors (Lipinski definition) is 5. The van der Waals surface area contributed by atoms with Crippen LogP contribution in [0.3, 0.4) is 0 Å². The average Bonchev–Trinajstić information content (AvgIpc) is 2.54. The Morgan fingerprint density at radius 2 is 1.91 bits per heavy atom. The number of aliphatic hydroxyl groups excluding tert-OH is 4. The monoisotopic (exact) mass is 327 g/mol. The van der Waals surface area contributed by atoms with E-state index in [1.807, 2.05) is 0 Å². The Hall–Kier alpha value is -1.84. The SMILES string of the molecule is CC(=O)Oc1ccccc1CN[C@@H](C=O)[C@@H](O)[C@@H](O)[C@H](O)CO. The molecule has 0 unspecified atom stereocenters. The van der Waals surface area contributed by atoms with Gasteiger partial charge in [0.2, 0.25) is 0 Å². The summed E-state index contributed by atoms with van der Waals surface area (Å²) in [5, 5.41) is 40.3. The third kappa shape index (κ3) is 5.70. The minimum atomic E-state index is -1.69. The molecule has 1 rings (SSSR count). The number of benzene rings is 1. The molecule has 0 saturated carbocycles. The largest absolute Gasteiger partial charge is 0.426 e. The molecule has 0 saturated heterocycles. The van der Waals surface area contributed by atoms with Gasteiger partial charge in [-0.15, -0.1) is 0 Å². The number of rotatable bonds is 9. The highest BCUT2D eigenvalue weighted by Crippen LogP contribution is 2.18. The van der Waals surface area contributed by atoms with Crippen LogP contribution in [0.15, 0.2) is 24.3 Å². The van der Waals surface area contributed by atoms with Crippen LogP contribution in [0, 0.1) is 0 Å². The molecule has 0 aliphatic heterocycles. The van der Waals surface area contributed by atoms with E-state index in [2.05, 4.69) is 5.32 Å². The molecule has 0 spiro atoms. The molecule has 5 N–H and O–H groups in total. The molecule has 0 heterocycles. The molecule has 1 aromatic rings. The van der Waals surface area contributed by atoms with Crippen molar-refractivity contribution >= 4 is 12.3 Å². The maximum absolute atomic E-state index is 11.1. The normalized spacial score (nSPS) is 16.2. The maximum Gasteiger partial charge on any atom is 0.308 e. The molecule has 0 aliphatic carbocycles. The molecule has 0 aromatic heterocycles. The van der Waals surface area contributed by atoms with E-state index in [4.69, 9.17) is 9.84 Å². The van der Waals surface area contributed by atoms with Crippen LogP contribution >= 0.6 is 0 Å². The zero-order valence-corrected chi connectivity index (χ0v) is 12.6. The van der Waals surface area contributed by atoms with E-state index in [0.717, 1.165) is 0 Å². The number of hydrogen-bond acceptors (Lipinski definition) is 8. The third-order valence-corrected chi connectivity index (χ3v) is 3.20. The van der Waals surface area contributed by atoms with Gasteiger partial charge in [0.05, 0.1) is 12.6 Å². The number of carbonyl (C=O) groups is 2. The fraction of sp³-hybridized carbons (Fsp3) is 0.467. The zero-order chi connectivity index (χ0) is 17.4. The van der Waals surface area contributed by atoms with Crippen LogP contribution in [0.2, 0.25) is 0 Å². The molecule has 0 radical (unpaired) electrons. The van der Waals surface area contributed by atoms with Gasteiger partial charge in [-0.05, 0) is 6.07 Å². The number of aldehydes is 1. The summed E-state index contributed by atoms with van der Waals surface area (Å²) in [4.78, 5) is 22.1. The van der Waals surface area contributed by atoms with Gasteiger partial charge in [-0.1, -0.05) is 18.2 Å². The minimum absolute atomic E-state index is 0.0753. The van der Waals surface area contributed by atoms with Gasteiger partial charge in [0.15, 0.2) is 0 Å². The van der Waals surface area contributed by atoms with Crippen LogP contribution < -0.4 is 10.1 Å². The van der Waals surface area contributed by atoms with Crippen molar-refractivity contribution in [2.45, 2.75) is 37.8 Å². The first-order chi connectivity index (χ1) is 10.9. The standard InChI is InChI=1S/C15H21NO7/c1-9(19)23-13-5-3-2-4-10(13)6-16-11(7-17)14(21)15(22)12(20)8-18/h2-5,7,11-12,14-16,18,20-22H,6,8H2,1H3/t11-,12+,14+,15-/m0/s1. The fourth-order valence-corrected chi connectivity index (χ4v) is 1.93. The minimum Gasteiger partial charge on any atom is -0.426 e. The van der Waals surface area contributed by atoms with Gasteiger partial charge in [-0.25, -0.2) is 0 Å². The Bertz CT molecular complexity index is 522. The Morgan fingerprint density at radius 3 is 2.48 bits per heavy atom. The number of carbonyl (C=O) groups excluding carboxylic acids is 2. The molecule has 1 aromatic carbocycles. The summed E-state index contributed by atoms with van der Waals surface area (Å²) >= 11 is 0. The summed E-state index contributed by atoms with van der Waals surface area (Å²) in [7, 11) is 0. The molecule has 0 aliphatic rings. The lowest BCUT2D eigenvalue weighted by atomic mass is 10.0. The Balaban J connectivity index is 2.75. The summed E-state index contributed by atoms with van der Waals surface area (Å²) < 4.78 is 5.02. The van der Waals surface area contributed by atoms with Crippen LogP contribution in [0.25, 0.3) is 0 Å². The molecule has 0 bridgehead atoms. The first-order valence-corrected chi connectivity index (χ1v) is 7.00. The van der Waals surface area contributed by atoms with Crippen molar-refractivity contribution in [3.05, 3.63) is 29.8 Å². The Kier molecular flexibility index (Phi) is 7.79. The molecule has 8 nitrogen and oxygen atoms in total. The van der Waals surface area contributed by atoms with Crippen molar-refractivity contribution in [3.63, 3.8) is 0 Å². The Labute approximate surface area is 133 Å². The first kappa shape index (κ1) is 19.2. The highest BCUT2D eigenvalue weighted by molar-refractivity contribution is 5.69. The van der Waals surface area contributed by atoms with Crippen molar-refractivity contribution in [1.29, 1.82) is 0 Å². The second-order valence-electron chi connectivity index (χ2n) is 4.98. The van der Waals surface area contributed by atoms with Crippen LogP contribution in [-0.2, 0) is 16.1 Å². The van der Waals surface area contributed by atoms with Gasteiger partial charge in [0.25, 0.3) is 0 Å². The lowest BCUT2D eigenvalue weighted by Gasteiger charge is -2.26. The first-order valence-electron chi connectivity index (χ1n) is 7.00. The summed E-state index contributed by atoms with van der Waals surface area (Å²) in [5.74, 6) is -0.187. The van der Waals surface area contributed by atoms with E-state index in [-0.39, 0.29) is 6.54 Å². The van der Waals surface area contributed by atoms with E-state index in [1.165, 1.54) is 6.92 Å². The number of nitrogens with one attached hydrogen (secondary N) is 1. The van der Waals surface area contributed by atoms with Crippen molar-refractivity contribution in [2.75, 3.05) is 6.61 Å². The highest BCUT2D eigenvalue weighted by Gasteiger charge is 2.30. The van der Waals surface area contributed by atoms with Gasteiger partial charge in [0, 0.05) is 19.0 Å². The smallest absolute Gasteiger partial charge is 0.308 e. The summed E-state index contributed by atoms with van der Waals surface area (Å²) in [6.07, 6.45) is -4.49. The number of ether oxygens (including phenoxy) is 1.